The quantitative estimate of drug-likeness (QED) is 0.564. The Hall–Kier alpha value is -3.02. The number of hydrogen-bond donors (Lipinski definition) is 0. The molecule has 3 heterocycles. The van der Waals surface area contributed by atoms with Crippen molar-refractivity contribution in [3.63, 3.8) is 0 Å². The predicted octanol–water partition coefficient (Wildman–Crippen LogP) is 2.98. The Morgan fingerprint density at radius 1 is 1.04 bits per heavy atom. The Morgan fingerprint density at radius 2 is 2.04 bits per heavy atom. The molecular weight excluding hydrogens is 292 g/mol. The van der Waals surface area contributed by atoms with Gasteiger partial charge < -0.3 is 8.94 Å². The van der Waals surface area contributed by atoms with Crippen molar-refractivity contribution in [3.8, 4) is 0 Å². The van der Waals surface area contributed by atoms with Crippen molar-refractivity contribution in [1.82, 2.24) is 20.1 Å². The van der Waals surface area contributed by atoms with Crippen molar-refractivity contribution in [2.75, 3.05) is 0 Å². The minimum absolute atomic E-state index is 0.627. The average molecular weight is 306 g/mol. The zero-order valence-electron chi connectivity index (χ0n) is 12.3. The van der Waals surface area contributed by atoms with Gasteiger partial charge >= 0.3 is 0 Å². The molecule has 0 fully saturated rings. The Balaban J connectivity index is 1.41. The number of pyridine rings is 1. The lowest BCUT2D eigenvalue weighted by atomic mass is 10.1. The highest BCUT2D eigenvalue weighted by molar-refractivity contribution is 5.72. The van der Waals surface area contributed by atoms with E-state index in [2.05, 4.69) is 20.1 Å². The van der Waals surface area contributed by atoms with Crippen LogP contribution in [-0.2, 0) is 19.3 Å². The van der Waals surface area contributed by atoms with Gasteiger partial charge in [-0.2, -0.15) is 4.98 Å². The number of fused-ring (bicyclic) bond motifs is 1. The van der Waals surface area contributed by atoms with E-state index in [9.17, 15) is 0 Å². The predicted molar refractivity (Wildman–Crippen MR) is 82.8 cm³/mol. The second-order valence-corrected chi connectivity index (χ2v) is 5.30. The standard InChI is InChI=1S/C17H14N4O2/c1-2-13(10-18-7-1)9-16-20-17(23-21-16)6-4-12-3-5-15-14(8-12)19-11-22-15/h1-3,5,7-8,10-11H,4,6,9H2. The van der Waals surface area contributed by atoms with Gasteiger partial charge in [0.15, 0.2) is 17.8 Å². The van der Waals surface area contributed by atoms with Crippen LogP contribution < -0.4 is 0 Å². The smallest absolute Gasteiger partial charge is 0.226 e. The highest BCUT2D eigenvalue weighted by Crippen LogP contribution is 2.16. The van der Waals surface area contributed by atoms with Gasteiger partial charge in [-0.15, -0.1) is 0 Å². The first-order valence-corrected chi connectivity index (χ1v) is 7.39. The second-order valence-electron chi connectivity index (χ2n) is 5.30. The van der Waals surface area contributed by atoms with Gasteiger partial charge in [-0.05, 0) is 35.7 Å². The van der Waals surface area contributed by atoms with E-state index in [0.717, 1.165) is 23.1 Å². The number of benzene rings is 1. The van der Waals surface area contributed by atoms with Crippen LogP contribution in [0.2, 0.25) is 0 Å². The maximum absolute atomic E-state index is 5.32. The Kier molecular flexibility index (Phi) is 3.56. The molecule has 0 amide bonds. The van der Waals surface area contributed by atoms with Gasteiger partial charge in [0.1, 0.15) is 5.52 Å². The molecule has 0 aliphatic rings. The van der Waals surface area contributed by atoms with Crippen LogP contribution in [0.4, 0.5) is 0 Å². The maximum atomic E-state index is 5.32. The minimum Gasteiger partial charge on any atom is -0.443 e. The molecule has 0 aliphatic heterocycles. The van der Waals surface area contributed by atoms with Crippen molar-refractivity contribution >= 4 is 11.1 Å². The van der Waals surface area contributed by atoms with Gasteiger partial charge in [0, 0.05) is 25.2 Å². The van der Waals surface area contributed by atoms with E-state index >= 15 is 0 Å². The maximum Gasteiger partial charge on any atom is 0.226 e. The number of nitrogens with zero attached hydrogens (tertiary/aromatic N) is 4. The van der Waals surface area contributed by atoms with Gasteiger partial charge in [0.05, 0.1) is 0 Å². The normalized spacial score (nSPS) is 11.1. The van der Waals surface area contributed by atoms with Crippen molar-refractivity contribution in [2.45, 2.75) is 19.3 Å². The van der Waals surface area contributed by atoms with Gasteiger partial charge in [-0.25, -0.2) is 4.98 Å². The molecule has 0 unspecified atom stereocenters. The summed E-state index contributed by atoms with van der Waals surface area (Å²) in [7, 11) is 0. The Labute approximate surface area is 132 Å². The molecule has 1 aromatic carbocycles. The van der Waals surface area contributed by atoms with Gasteiger partial charge in [-0.1, -0.05) is 17.3 Å². The third-order valence-corrected chi connectivity index (χ3v) is 3.62. The fourth-order valence-electron chi connectivity index (χ4n) is 2.46. The first kappa shape index (κ1) is 13.6. The summed E-state index contributed by atoms with van der Waals surface area (Å²) in [6.45, 7) is 0. The van der Waals surface area contributed by atoms with E-state index in [1.165, 1.54) is 12.0 Å². The van der Waals surface area contributed by atoms with Crippen molar-refractivity contribution < 1.29 is 8.94 Å². The van der Waals surface area contributed by atoms with E-state index < -0.39 is 0 Å². The summed E-state index contributed by atoms with van der Waals surface area (Å²) in [5.41, 5.74) is 3.89. The molecule has 0 bridgehead atoms. The zero-order valence-corrected chi connectivity index (χ0v) is 12.3. The number of oxazole rings is 1. The number of aryl methyl sites for hydroxylation is 2. The van der Waals surface area contributed by atoms with E-state index in [0.29, 0.717) is 24.6 Å². The summed E-state index contributed by atoms with van der Waals surface area (Å²) in [5.74, 6) is 1.32. The molecule has 0 saturated carbocycles. The van der Waals surface area contributed by atoms with Crippen LogP contribution >= 0.6 is 0 Å². The SMILES string of the molecule is c1cncc(Cc2noc(CCc3ccc4ocnc4c3)n2)c1. The van der Waals surface area contributed by atoms with Crippen LogP contribution in [0, 0.1) is 0 Å². The summed E-state index contributed by atoms with van der Waals surface area (Å²) in [5, 5.41) is 4.02. The molecule has 6 nitrogen and oxygen atoms in total. The monoisotopic (exact) mass is 306 g/mol. The molecule has 23 heavy (non-hydrogen) atoms. The minimum atomic E-state index is 0.627. The summed E-state index contributed by atoms with van der Waals surface area (Å²) in [6, 6.07) is 9.87. The molecule has 0 atom stereocenters. The Morgan fingerprint density at radius 3 is 2.96 bits per heavy atom. The van der Waals surface area contributed by atoms with Gasteiger partial charge in [-0.3, -0.25) is 4.98 Å². The fraction of sp³-hybridized carbons (Fsp3) is 0.176. The summed E-state index contributed by atoms with van der Waals surface area (Å²) in [4.78, 5) is 12.7. The number of aromatic nitrogens is 4. The topological polar surface area (TPSA) is 77.8 Å². The molecule has 0 radical (unpaired) electrons. The van der Waals surface area contributed by atoms with Crippen LogP contribution in [0.15, 0.2) is 58.1 Å². The molecular formula is C17H14N4O2. The molecule has 0 aliphatic carbocycles. The zero-order chi connectivity index (χ0) is 15.5. The van der Waals surface area contributed by atoms with Crippen molar-refractivity contribution in [2.24, 2.45) is 0 Å². The van der Waals surface area contributed by atoms with Gasteiger partial charge in [0.25, 0.3) is 0 Å². The summed E-state index contributed by atoms with van der Waals surface area (Å²) in [6.07, 6.45) is 7.15. The van der Waals surface area contributed by atoms with Crippen LogP contribution in [0.1, 0.15) is 22.8 Å². The third-order valence-electron chi connectivity index (χ3n) is 3.62. The van der Waals surface area contributed by atoms with E-state index in [4.69, 9.17) is 8.94 Å². The molecule has 0 N–H and O–H groups in total. The van der Waals surface area contributed by atoms with Crippen molar-refractivity contribution in [3.05, 3.63) is 72.0 Å². The lowest BCUT2D eigenvalue weighted by Gasteiger charge is -1.97. The molecule has 6 heteroatoms. The average Bonchev–Trinajstić information content (AvgIpc) is 3.22. The third kappa shape index (κ3) is 3.11. The summed E-state index contributed by atoms with van der Waals surface area (Å²) >= 11 is 0. The Bertz CT molecular complexity index is 914. The van der Waals surface area contributed by atoms with Crippen LogP contribution in [-0.4, -0.2) is 20.1 Å². The molecule has 3 aromatic heterocycles. The van der Waals surface area contributed by atoms with Crippen LogP contribution in [0.3, 0.4) is 0 Å². The molecule has 4 aromatic rings. The number of rotatable bonds is 5. The van der Waals surface area contributed by atoms with Gasteiger partial charge in [0.2, 0.25) is 5.89 Å². The van der Waals surface area contributed by atoms with E-state index in [-0.39, 0.29) is 0 Å². The molecule has 4 rings (SSSR count). The highest BCUT2D eigenvalue weighted by Gasteiger charge is 2.08. The largest absolute Gasteiger partial charge is 0.443 e. The lowest BCUT2D eigenvalue weighted by Crippen LogP contribution is -1.94. The fourth-order valence-corrected chi connectivity index (χ4v) is 2.46. The highest BCUT2D eigenvalue weighted by atomic mass is 16.5. The lowest BCUT2D eigenvalue weighted by molar-refractivity contribution is 0.374. The molecule has 114 valence electrons. The number of hydrogen-bond acceptors (Lipinski definition) is 6. The van der Waals surface area contributed by atoms with Crippen LogP contribution in [0.5, 0.6) is 0 Å². The van der Waals surface area contributed by atoms with E-state index in [1.54, 1.807) is 6.20 Å². The van der Waals surface area contributed by atoms with E-state index in [1.807, 2.05) is 36.5 Å². The van der Waals surface area contributed by atoms with Crippen LogP contribution in [0.25, 0.3) is 11.1 Å². The second kappa shape index (κ2) is 6.00. The molecule has 0 spiro atoms. The van der Waals surface area contributed by atoms with Crippen molar-refractivity contribution in [1.29, 1.82) is 0 Å². The first-order chi connectivity index (χ1) is 11.4. The first-order valence-electron chi connectivity index (χ1n) is 7.39. The molecule has 0 saturated heterocycles. The summed E-state index contributed by atoms with van der Waals surface area (Å²) < 4.78 is 10.6.